The molecule has 0 saturated carbocycles. The number of hydrogen-bond acceptors (Lipinski definition) is 3. The van der Waals surface area contributed by atoms with E-state index in [1.165, 1.54) is 6.07 Å². The lowest BCUT2D eigenvalue weighted by Gasteiger charge is -2.30. The first-order valence-electron chi connectivity index (χ1n) is 13.5. The summed E-state index contributed by atoms with van der Waals surface area (Å²) >= 11 is 0. The van der Waals surface area contributed by atoms with Crippen LogP contribution in [-0.4, -0.2) is 40.5 Å². The van der Waals surface area contributed by atoms with Gasteiger partial charge in [0.1, 0.15) is 5.82 Å². The number of imidazole rings is 1. The fourth-order valence-electron chi connectivity index (χ4n) is 5.23. The Balaban J connectivity index is 2.14. The van der Waals surface area contributed by atoms with Crippen LogP contribution in [0.2, 0.25) is 0 Å². The van der Waals surface area contributed by atoms with Gasteiger partial charge in [-0.05, 0) is 82.0 Å². The summed E-state index contributed by atoms with van der Waals surface area (Å²) in [6.45, 7) is 12.2. The number of carbonyl (C=O) groups is 1. The highest BCUT2D eigenvalue weighted by molar-refractivity contribution is 5.97. The number of alkyl halides is 3. The van der Waals surface area contributed by atoms with Crippen molar-refractivity contribution in [3.8, 4) is 0 Å². The van der Waals surface area contributed by atoms with Gasteiger partial charge >= 0.3 is 6.18 Å². The van der Waals surface area contributed by atoms with E-state index in [4.69, 9.17) is 4.98 Å². The Morgan fingerprint density at radius 2 is 1.58 bits per heavy atom. The first-order valence-corrected chi connectivity index (χ1v) is 13.5. The second-order valence-electron chi connectivity index (χ2n) is 10.7. The van der Waals surface area contributed by atoms with Crippen molar-refractivity contribution in [1.29, 1.82) is 0 Å². The molecule has 0 aliphatic carbocycles. The highest BCUT2D eigenvalue weighted by atomic mass is 19.4. The van der Waals surface area contributed by atoms with E-state index in [-0.39, 0.29) is 24.5 Å². The zero-order valence-corrected chi connectivity index (χ0v) is 23.9. The molecule has 8 heteroatoms. The number of halogens is 3. The van der Waals surface area contributed by atoms with Gasteiger partial charge in [0.15, 0.2) is 0 Å². The van der Waals surface area contributed by atoms with Crippen LogP contribution < -0.4 is 4.90 Å². The molecule has 0 saturated heterocycles. The van der Waals surface area contributed by atoms with Crippen molar-refractivity contribution in [3.05, 3.63) is 58.4 Å². The highest BCUT2D eigenvalue weighted by Gasteiger charge is 2.32. The van der Waals surface area contributed by atoms with Crippen molar-refractivity contribution in [3.63, 3.8) is 0 Å². The highest BCUT2D eigenvalue weighted by Crippen LogP contribution is 2.34. The number of anilines is 1. The predicted octanol–water partition coefficient (Wildman–Crippen LogP) is 7.93. The van der Waals surface area contributed by atoms with Gasteiger partial charge in [-0.15, -0.1) is 0 Å². The van der Waals surface area contributed by atoms with Gasteiger partial charge in [0.05, 0.1) is 23.1 Å². The lowest BCUT2D eigenvalue weighted by molar-refractivity contribution is -0.137. The number of aromatic nitrogens is 2. The van der Waals surface area contributed by atoms with Gasteiger partial charge < -0.3 is 14.4 Å². The van der Waals surface area contributed by atoms with Crippen LogP contribution in [0, 0.1) is 13.8 Å². The number of rotatable bonds is 10. The van der Waals surface area contributed by atoms with Crippen molar-refractivity contribution in [1.82, 2.24) is 14.5 Å². The average molecular weight is 531 g/mol. The van der Waals surface area contributed by atoms with Gasteiger partial charge in [0.2, 0.25) is 0 Å². The maximum atomic E-state index is 14.0. The first-order chi connectivity index (χ1) is 17.8. The third-order valence-electron chi connectivity index (χ3n) is 7.14. The molecule has 3 aromatic rings. The second kappa shape index (κ2) is 11.8. The molecule has 0 spiro atoms. The number of fused-ring (bicyclic) bond motifs is 1. The molecule has 0 bridgehead atoms. The van der Waals surface area contributed by atoms with E-state index in [1.807, 2.05) is 58.8 Å². The van der Waals surface area contributed by atoms with Gasteiger partial charge in [-0.3, -0.25) is 4.79 Å². The molecular formula is C30H41F3N4O. The fourth-order valence-corrected chi connectivity index (χ4v) is 5.23. The number of aryl methyl sites for hydroxylation is 2. The second-order valence-corrected chi connectivity index (χ2v) is 10.7. The fraction of sp³-hybridized carbons (Fsp3) is 0.533. The molecule has 0 aliphatic heterocycles. The Morgan fingerprint density at radius 3 is 2.05 bits per heavy atom. The zero-order chi connectivity index (χ0) is 28.4. The minimum Gasteiger partial charge on any atom is -0.378 e. The quantitative estimate of drug-likeness (QED) is 0.267. The van der Waals surface area contributed by atoms with Gasteiger partial charge in [-0.25, -0.2) is 4.98 Å². The summed E-state index contributed by atoms with van der Waals surface area (Å²) in [6.07, 6.45) is -0.805. The summed E-state index contributed by atoms with van der Waals surface area (Å²) < 4.78 is 42.6. The Morgan fingerprint density at radius 1 is 1.00 bits per heavy atom. The Hall–Kier alpha value is -3.03. The summed E-state index contributed by atoms with van der Waals surface area (Å²) in [5.41, 5.74) is 3.74. The van der Waals surface area contributed by atoms with E-state index in [9.17, 15) is 18.0 Å². The van der Waals surface area contributed by atoms with Crippen LogP contribution in [0.3, 0.4) is 0 Å². The van der Waals surface area contributed by atoms with Gasteiger partial charge in [-0.2, -0.15) is 13.2 Å². The largest absolute Gasteiger partial charge is 0.416 e. The summed E-state index contributed by atoms with van der Waals surface area (Å²) in [6, 6.07) is 7.75. The number of benzene rings is 2. The van der Waals surface area contributed by atoms with Crippen molar-refractivity contribution >= 4 is 22.6 Å². The Labute approximate surface area is 224 Å². The van der Waals surface area contributed by atoms with Crippen molar-refractivity contribution in [2.45, 2.75) is 92.0 Å². The molecule has 1 amide bonds. The number of amides is 1. The van der Waals surface area contributed by atoms with E-state index in [2.05, 4.69) is 18.4 Å². The smallest absolute Gasteiger partial charge is 0.378 e. The summed E-state index contributed by atoms with van der Waals surface area (Å²) in [4.78, 5) is 22.5. The summed E-state index contributed by atoms with van der Waals surface area (Å²) in [5.74, 6) is 0.519. The average Bonchev–Trinajstić information content (AvgIpc) is 3.18. The lowest BCUT2D eigenvalue weighted by Crippen LogP contribution is -2.38. The van der Waals surface area contributed by atoms with Crippen LogP contribution in [0.5, 0.6) is 0 Å². The molecule has 0 fully saturated rings. The Bertz CT molecular complexity index is 1250. The van der Waals surface area contributed by atoms with E-state index < -0.39 is 11.7 Å². The SMILES string of the molecule is CCCC(CCC)n1c(CN(C(=O)c2c(C)cc(N(C)C)cc2C)C(C)C)nc2cc(C(F)(F)F)ccc21. The van der Waals surface area contributed by atoms with Crippen LogP contribution in [-0.2, 0) is 12.7 Å². The van der Waals surface area contributed by atoms with Crippen LogP contribution in [0.15, 0.2) is 30.3 Å². The van der Waals surface area contributed by atoms with Crippen LogP contribution in [0.25, 0.3) is 11.0 Å². The van der Waals surface area contributed by atoms with Crippen LogP contribution >= 0.6 is 0 Å². The Kier molecular flexibility index (Phi) is 9.16. The molecule has 0 N–H and O–H groups in total. The molecule has 1 aromatic heterocycles. The number of nitrogens with zero attached hydrogens (tertiary/aromatic N) is 4. The van der Waals surface area contributed by atoms with Gasteiger partial charge in [0, 0.05) is 37.4 Å². The van der Waals surface area contributed by atoms with Crippen molar-refractivity contribution < 1.29 is 18.0 Å². The molecule has 5 nitrogen and oxygen atoms in total. The lowest BCUT2D eigenvalue weighted by atomic mass is 9.99. The minimum absolute atomic E-state index is 0.0914. The zero-order valence-electron chi connectivity index (χ0n) is 23.9. The molecule has 0 radical (unpaired) electrons. The monoisotopic (exact) mass is 530 g/mol. The molecule has 208 valence electrons. The molecular weight excluding hydrogens is 489 g/mol. The van der Waals surface area contributed by atoms with E-state index in [0.717, 1.165) is 54.6 Å². The molecule has 3 rings (SSSR count). The normalized spacial score (nSPS) is 12.1. The maximum Gasteiger partial charge on any atom is 0.416 e. The standard InChI is InChI=1S/C30H41F3N4O/c1-9-11-23(12-10-2)37-26-14-13-22(30(31,32)33)17-25(26)34-27(37)18-36(19(3)4)29(38)28-20(5)15-24(35(7)8)16-21(28)6/h13-17,19,23H,9-12,18H2,1-8H3. The van der Waals surface area contributed by atoms with Gasteiger partial charge in [0.25, 0.3) is 5.91 Å². The molecule has 2 aromatic carbocycles. The number of carbonyl (C=O) groups excluding carboxylic acids is 1. The molecule has 0 unspecified atom stereocenters. The van der Waals surface area contributed by atoms with Crippen molar-refractivity contribution in [2.24, 2.45) is 0 Å². The third kappa shape index (κ3) is 6.16. The predicted molar refractivity (Wildman–Crippen MR) is 149 cm³/mol. The van der Waals surface area contributed by atoms with Crippen molar-refractivity contribution in [2.75, 3.05) is 19.0 Å². The van der Waals surface area contributed by atoms with E-state index in [0.29, 0.717) is 22.4 Å². The van der Waals surface area contributed by atoms with E-state index in [1.54, 1.807) is 4.90 Å². The van der Waals surface area contributed by atoms with Gasteiger partial charge in [-0.1, -0.05) is 26.7 Å². The molecule has 0 atom stereocenters. The molecule has 1 heterocycles. The topological polar surface area (TPSA) is 41.4 Å². The summed E-state index contributed by atoms with van der Waals surface area (Å²) in [7, 11) is 3.93. The minimum atomic E-state index is -4.45. The van der Waals surface area contributed by atoms with Crippen LogP contribution in [0.4, 0.5) is 18.9 Å². The summed E-state index contributed by atoms with van der Waals surface area (Å²) in [5, 5.41) is 0. The third-order valence-corrected chi connectivity index (χ3v) is 7.14. The van der Waals surface area contributed by atoms with E-state index >= 15 is 0 Å². The molecule has 0 aliphatic rings. The maximum absolute atomic E-state index is 14.0. The number of hydrogen-bond donors (Lipinski definition) is 0. The first kappa shape index (κ1) is 29.5. The van der Waals surface area contributed by atoms with Crippen LogP contribution in [0.1, 0.15) is 92.3 Å². The molecule has 38 heavy (non-hydrogen) atoms.